The third kappa shape index (κ3) is 4.57. The summed E-state index contributed by atoms with van der Waals surface area (Å²) in [5.74, 6) is -0.00968. The van der Waals surface area contributed by atoms with E-state index in [2.05, 4.69) is 15.0 Å². The van der Waals surface area contributed by atoms with Crippen molar-refractivity contribution in [1.29, 1.82) is 0 Å². The van der Waals surface area contributed by atoms with Crippen LogP contribution in [0, 0.1) is 6.92 Å². The first-order chi connectivity index (χ1) is 12.3. The van der Waals surface area contributed by atoms with Gasteiger partial charge < -0.3 is 4.42 Å². The highest BCUT2D eigenvalue weighted by Crippen LogP contribution is 2.27. The summed E-state index contributed by atoms with van der Waals surface area (Å²) in [6, 6.07) is 10.9. The van der Waals surface area contributed by atoms with Crippen LogP contribution in [0.1, 0.15) is 21.9 Å². The number of benzene rings is 1. The van der Waals surface area contributed by atoms with Gasteiger partial charge in [-0.2, -0.15) is 0 Å². The first kappa shape index (κ1) is 18.3. The molecule has 0 bridgehead atoms. The van der Waals surface area contributed by atoms with Crippen LogP contribution in [0.15, 0.2) is 46.2 Å². The van der Waals surface area contributed by atoms with Crippen molar-refractivity contribution >= 4 is 32.4 Å². The third-order valence-electron chi connectivity index (χ3n) is 3.54. The van der Waals surface area contributed by atoms with Crippen LogP contribution >= 0.6 is 11.3 Å². The number of carbonyl (C=O) groups is 1. The molecule has 7 nitrogen and oxygen atoms in total. The SMILES string of the molecule is Cc1ccccc1-c1csc(NC(=O)c2ccc(CNS(C)(=O)=O)o2)n1. The van der Waals surface area contributed by atoms with Crippen LogP contribution in [0.3, 0.4) is 0 Å². The summed E-state index contributed by atoms with van der Waals surface area (Å²) < 4.78 is 29.8. The molecule has 2 aromatic heterocycles. The van der Waals surface area contributed by atoms with Gasteiger partial charge in [0.25, 0.3) is 5.91 Å². The molecule has 0 radical (unpaired) electrons. The molecule has 0 atom stereocenters. The molecule has 26 heavy (non-hydrogen) atoms. The average molecular weight is 391 g/mol. The van der Waals surface area contributed by atoms with Gasteiger partial charge in [0.15, 0.2) is 10.9 Å². The van der Waals surface area contributed by atoms with Gasteiger partial charge in [0, 0.05) is 10.9 Å². The van der Waals surface area contributed by atoms with Crippen LogP contribution in [0.2, 0.25) is 0 Å². The van der Waals surface area contributed by atoms with Crippen molar-refractivity contribution in [3.63, 3.8) is 0 Å². The van der Waals surface area contributed by atoms with Crippen molar-refractivity contribution in [2.24, 2.45) is 0 Å². The fourth-order valence-electron chi connectivity index (χ4n) is 2.27. The van der Waals surface area contributed by atoms with Gasteiger partial charge in [0.1, 0.15) is 5.76 Å². The van der Waals surface area contributed by atoms with E-state index < -0.39 is 15.9 Å². The van der Waals surface area contributed by atoms with Gasteiger partial charge in [-0.15, -0.1) is 11.3 Å². The standard InChI is InChI=1S/C17H17N3O4S2/c1-11-5-3-4-6-13(11)14-10-25-17(19-14)20-16(21)15-8-7-12(24-15)9-18-26(2,22)23/h3-8,10,18H,9H2,1-2H3,(H,19,20,21). The number of nitrogens with zero attached hydrogens (tertiary/aromatic N) is 1. The highest BCUT2D eigenvalue weighted by atomic mass is 32.2. The molecule has 0 saturated carbocycles. The summed E-state index contributed by atoms with van der Waals surface area (Å²) in [7, 11) is -3.33. The van der Waals surface area contributed by atoms with Crippen molar-refractivity contribution in [2.45, 2.75) is 13.5 Å². The minimum Gasteiger partial charge on any atom is -0.455 e. The number of sulfonamides is 1. The number of hydrogen-bond donors (Lipinski definition) is 2. The maximum absolute atomic E-state index is 12.3. The van der Waals surface area contributed by atoms with Crippen molar-refractivity contribution in [3.05, 3.63) is 58.9 Å². The highest BCUT2D eigenvalue weighted by molar-refractivity contribution is 7.88. The Bertz CT molecular complexity index is 1040. The van der Waals surface area contributed by atoms with Gasteiger partial charge in [-0.3, -0.25) is 10.1 Å². The van der Waals surface area contributed by atoms with Gasteiger partial charge in [0.05, 0.1) is 18.5 Å². The van der Waals surface area contributed by atoms with Crippen LogP contribution < -0.4 is 10.0 Å². The van der Waals surface area contributed by atoms with E-state index in [1.165, 1.54) is 17.4 Å². The fourth-order valence-corrected chi connectivity index (χ4v) is 3.38. The third-order valence-corrected chi connectivity index (χ3v) is 4.97. The zero-order valence-corrected chi connectivity index (χ0v) is 15.8. The maximum Gasteiger partial charge on any atom is 0.293 e. The molecule has 3 rings (SSSR count). The molecular formula is C17H17N3O4S2. The number of furan rings is 1. The number of thiazole rings is 1. The number of amides is 1. The topological polar surface area (TPSA) is 101 Å². The predicted octanol–water partition coefficient (Wildman–Crippen LogP) is 3.01. The van der Waals surface area contributed by atoms with Crippen LogP contribution in [0.25, 0.3) is 11.3 Å². The molecule has 2 N–H and O–H groups in total. The number of carbonyl (C=O) groups excluding carboxylic acids is 1. The lowest BCUT2D eigenvalue weighted by Crippen LogP contribution is -2.20. The molecule has 1 amide bonds. The van der Waals surface area contributed by atoms with E-state index in [0.29, 0.717) is 10.9 Å². The van der Waals surface area contributed by atoms with E-state index in [1.54, 1.807) is 6.07 Å². The lowest BCUT2D eigenvalue weighted by molar-refractivity contribution is 0.0995. The molecule has 136 valence electrons. The Morgan fingerprint density at radius 3 is 2.73 bits per heavy atom. The van der Waals surface area contributed by atoms with E-state index >= 15 is 0 Å². The molecule has 0 aliphatic rings. The minimum atomic E-state index is -3.33. The Kier molecular flexibility index (Phi) is 5.21. The van der Waals surface area contributed by atoms with E-state index in [4.69, 9.17) is 4.42 Å². The number of rotatable bonds is 6. The van der Waals surface area contributed by atoms with Gasteiger partial charge >= 0.3 is 0 Å². The molecule has 1 aromatic carbocycles. The van der Waals surface area contributed by atoms with Crippen LogP contribution in [0.5, 0.6) is 0 Å². The second-order valence-electron chi connectivity index (χ2n) is 5.67. The van der Waals surface area contributed by atoms with Crippen molar-refractivity contribution in [2.75, 3.05) is 11.6 Å². The first-order valence-corrected chi connectivity index (χ1v) is 10.4. The van der Waals surface area contributed by atoms with E-state index in [0.717, 1.165) is 23.1 Å². The van der Waals surface area contributed by atoms with Crippen molar-refractivity contribution < 1.29 is 17.6 Å². The maximum atomic E-state index is 12.3. The fraction of sp³-hybridized carbons (Fsp3) is 0.176. The van der Waals surface area contributed by atoms with Crippen molar-refractivity contribution in [3.8, 4) is 11.3 Å². The molecule has 0 unspecified atom stereocenters. The summed E-state index contributed by atoms with van der Waals surface area (Å²) in [6.07, 6.45) is 1.05. The molecule has 0 spiro atoms. The van der Waals surface area contributed by atoms with Crippen LogP contribution in [0.4, 0.5) is 5.13 Å². The monoisotopic (exact) mass is 391 g/mol. The first-order valence-electron chi connectivity index (χ1n) is 7.68. The van der Waals surface area contributed by atoms with Gasteiger partial charge in [0.2, 0.25) is 10.0 Å². The predicted molar refractivity (Wildman–Crippen MR) is 101 cm³/mol. The van der Waals surface area contributed by atoms with Gasteiger partial charge in [-0.25, -0.2) is 18.1 Å². The number of hydrogen-bond acceptors (Lipinski definition) is 6. The quantitative estimate of drug-likeness (QED) is 0.673. The van der Waals surface area contributed by atoms with Gasteiger partial charge in [-0.05, 0) is 24.6 Å². The number of anilines is 1. The second-order valence-corrected chi connectivity index (χ2v) is 8.36. The molecule has 0 aliphatic heterocycles. The van der Waals surface area contributed by atoms with E-state index in [1.807, 2.05) is 36.6 Å². The Morgan fingerprint density at radius 2 is 2.00 bits per heavy atom. The molecule has 3 aromatic rings. The second kappa shape index (κ2) is 7.40. The van der Waals surface area contributed by atoms with E-state index in [-0.39, 0.29) is 12.3 Å². The Morgan fingerprint density at radius 1 is 1.23 bits per heavy atom. The summed E-state index contributed by atoms with van der Waals surface area (Å²) in [4.78, 5) is 16.7. The van der Waals surface area contributed by atoms with Gasteiger partial charge in [-0.1, -0.05) is 24.3 Å². The van der Waals surface area contributed by atoms with E-state index in [9.17, 15) is 13.2 Å². The Balaban J connectivity index is 1.67. The summed E-state index contributed by atoms with van der Waals surface area (Å²) >= 11 is 1.32. The normalized spacial score (nSPS) is 11.5. The lowest BCUT2D eigenvalue weighted by atomic mass is 10.1. The number of aryl methyl sites for hydroxylation is 1. The minimum absolute atomic E-state index is 0.0131. The van der Waals surface area contributed by atoms with Crippen LogP contribution in [-0.2, 0) is 16.6 Å². The largest absolute Gasteiger partial charge is 0.455 e. The van der Waals surface area contributed by atoms with Crippen molar-refractivity contribution in [1.82, 2.24) is 9.71 Å². The average Bonchev–Trinajstić information content (AvgIpc) is 3.22. The molecule has 9 heteroatoms. The lowest BCUT2D eigenvalue weighted by Gasteiger charge is -2.01. The Labute approximate surface area is 155 Å². The molecule has 0 fully saturated rings. The molecule has 2 heterocycles. The molecular weight excluding hydrogens is 374 g/mol. The molecule has 0 saturated heterocycles. The number of nitrogens with one attached hydrogen (secondary N) is 2. The smallest absolute Gasteiger partial charge is 0.293 e. The summed E-state index contributed by atoms with van der Waals surface area (Å²) in [5, 5.41) is 5.02. The molecule has 0 aliphatic carbocycles. The highest BCUT2D eigenvalue weighted by Gasteiger charge is 2.15. The zero-order chi connectivity index (χ0) is 18.7. The summed E-state index contributed by atoms with van der Waals surface area (Å²) in [6.45, 7) is 1.99. The zero-order valence-electron chi connectivity index (χ0n) is 14.1. The Hall–Kier alpha value is -2.49. The number of aromatic nitrogens is 1. The summed E-state index contributed by atoms with van der Waals surface area (Å²) in [5.41, 5.74) is 2.90. The van der Waals surface area contributed by atoms with Crippen LogP contribution in [-0.4, -0.2) is 25.6 Å².